The molecule has 0 saturated heterocycles. The van der Waals surface area contributed by atoms with E-state index in [-0.39, 0.29) is 0 Å². The fraction of sp³-hybridized carbons (Fsp3) is 0.769. The van der Waals surface area contributed by atoms with E-state index in [9.17, 15) is 5.26 Å². The Morgan fingerprint density at radius 1 is 1.31 bits per heavy atom. The summed E-state index contributed by atoms with van der Waals surface area (Å²) in [6.45, 7) is 10.2. The van der Waals surface area contributed by atoms with Gasteiger partial charge in [0.05, 0.1) is 0 Å². The standard InChI is InChI=1S/C13H23NOSi/c1-5-13(11-14,15-16(2,3)4)12-9-7-6-8-10-12/h5,12H,1,6-10H2,2-4H3. The summed E-state index contributed by atoms with van der Waals surface area (Å²) >= 11 is 0. The predicted octanol–water partition coefficient (Wildman–Crippen LogP) is 3.87. The van der Waals surface area contributed by atoms with Crippen LogP contribution in [-0.2, 0) is 4.43 Å². The van der Waals surface area contributed by atoms with Gasteiger partial charge in [0.25, 0.3) is 0 Å². The average molecular weight is 237 g/mol. The molecule has 0 N–H and O–H groups in total. The summed E-state index contributed by atoms with van der Waals surface area (Å²) in [6.07, 6.45) is 7.67. The second-order valence-corrected chi connectivity index (χ2v) is 10.1. The van der Waals surface area contributed by atoms with Crippen molar-refractivity contribution in [1.29, 1.82) is 5.26 Å². The van der Waals surface area contributed by atoms with Gasteiger partial charge < -0.3 is 4.43 Å². The van der Waals surface area contributed by atoms with Crippen LogP contribution in [0.5, 0.6) is 0 Å². The molecule has 1 atom stereocenters. The highest BCUT2D eigenvalue weighted by Crippen LogP contribution is 2.37. The van der Waals surface area contributed by atoms with Gasteiger partial charge >= 0.3 is 0 Å². The highest BCUT2D eigenvalue weighted by molar-refractivity contribution is 6.69. The summed E-state index contributed by atoms with van der Waals surface area (Å²) in [4.78, 5) is 0. The minimum absolute atomic E-state index is 0.343. The van der Waals surface area contributed by atoms with Gasteiger partial charge in [-0.1, -0.05) is 25.8 Å². The minimum Gasteiger partial charge on any atom is -0.397 e. The third-order valence-corrected chi connectivity index (χ3v) is 4.11. The maximum Gasteiger partial charge on any atom is 0.186 e. The number of nitrogens with zero attached hydrogens (tertiary/aromatic N) is 1. The molecule has 1 fully saturated rings. The normalized spacial score (nSPS) is 22.1. The summed E-state index contributed by atoms with van der Waals surface area (Å²) in [5, 5.41) is 9.47. The van der Waals surface area contributed by atoms with E-state index < -0.39 is 13.9 Å². The number of hydrogen-bond donors (Lipinski definition) is 0. The van der Waals surface area contributed by atoms with Crippen molar-refractivity contribution in [3.05, 3.63) is 12.7 Å². The molecule has 1 unspecified atom stereocenters. The van der Waals surface area contributed by atoms with E-state index in [1.807, 2.05) is 0 Å². The third kappa shape index (κ3) is 3.20. The summed E-state index contributed by atoms with van der Waals surface area (Å²) in [5.74, 6) is 0.343. The molecule has 0 amide bonds. The van der Waals surface area contributed by atoms with Crippen molar-refractivity contribution in [3.8, 4) is 6.07 Å². The van der Waals surface area contributed by atoms with Gasteiger partial charge in [-0.2, -0.15) is 5.26 Å². The molecule has 0 aromatic carbocycles. The van der Waals surface area contributed by atoms with Gasteiger partial charge in [-0.05, 0) is 38.6 Å². The van der Waals surface area contributed by atoms with E-state index in [0.29, 0.717) is 5.92 Å². The monoisotopic (exact) mass is 237 g/mol. The third-order valence-electron chi connectivity index (χ3n) is 3.16. The van der Waals surface area contributed by atoms with Crippen molar-refractivity contribution in [3.63, 3.8) is 0 Å². The van der Waals surface area contributed by atoms with Gasteiger partial charge in [-0.3, -0.25) is 0 Å². The van der Waals surface area contributed by atoms with Gasteiger partial charge in [0.15, 0.2) is 13.9 Å². The van der Waals surface area contributed by atoms with Gasteiger partial charge in [-0.15, -0.1) is 0 Å². The Morgan fingerprint density at radius 3 is 2.25 bits per heavy atom. The van der Waals surface area contributed by atoms with Crippen LogP contribution in [0.1, 0.15) is 32.1 Å². The number of rotatable bonds is 4. The zero-order valence-electron chi connectivity index (χ0n) is 10.8. The second-order valence-electron chi connectivity index (χ2n) is 5.66. The predicted molar refractivity (Wildman–Crippen MR) is 69.5 cm³/mol. The molecule has 0 heterocycles. The maximum atomic E-state index is 9.47. The smallest absolute Gasteiger partial charge is 0.186 e. The second kappa shape index (κ2) is 5.16. The molecule has 0 aliphatic heterocycles. The maximum absolute atomic E-state index is 9.47. The van der Waals surface area contributed by atoms with Crippen LogP contribution < -0.4 is 0 Å². The fourth-order valence-electron chi connectivity index (χ4n) is 2.49. The van der Waals surface area contributed by atoms with E-state index in [0.717, 1.165) is 12.8 Å². The van der Waals surface area contributed by atoms with Gasteiger partial charge in [-0.25, -0.2) is 0 Å². The van der Waals surface area contributed by atoms with E-state index in [1.165, 1.54) is 19.3 Å². The molecule has 2 nitrogen and oxygen atoms in total. The first-order valence-corrected chi connectivity index (χ1v) is 9.59. The molecular formula is C13H23NOSi. The Hall–Kier alpha value is -0.593. The molecule has 0 spiro atoms. The molecule has 1 aliphatic carbocycles. The molecule has 90 valence electrons. The van der Waals surface area contributed by atoms with Crippen molar-refractivity contribution in [2.24, 2.45) is 5.92 Å². The molecule has 0 bridgehead atoms. The molecule has 1 aliphatic rings. The molecule has 0 aromatic rings. The lowest BCUT2D eigenvalue weighted by atomic mass is 9.78. The van der Waals surface area contributed by atoms with Crippen LogP contribution >= 0.6 is 0 Å². The fourth-order valence-corrected chi connectivity index (χ4v) is 3.80. The van der Waals surface area contributed by atoms with E-state index in [2.05, 4.69) is 32.3 Å². The summed E-state index contributed by atoms with van der Waals surface area (Å²) in [5.41, 5.74) is -0.731. The van der Waals surface area contributed by atoms with Crippen LogP contribution in [0.25, 0.3) is 0 Å². The van der Waals surface area contributed by atoms with Crippen LogP contribution in [0.15, 0.2) is 12.7 Å². The summed E-state index contributed by atoms with van der Waals surface area (Å²) < 4.78 is 6.12. The van der Waals surface area contributed by atoms with Crippen LogP contribution in [0, 0.1) is 17.2 Å². The van der Waals surface area contributed by atoms with Crippen molar-refractivity contribution in [2.75, 3.05) is 0 Å². The largest absolute Gasteiger partial charge is 0.397 e. The van der Waals surface area contributed by atoms with Gasteiger partial charge in [0.2, 0.25) is 0 Å². The lowest BCUT2D eigenvalue weighted by Crippen LogP contribution is -2.46. The lowest BCUT2D eigenvalue weighted by Gasteiger charge is -2.39. The molecule has 1 saturated carbocycles. The van der Waals surface area contributed by atoms with Gasteiger partial charge in [0.1, 0.15) is 6.07 Å². The first kappa shape index (κ1) is 13.5. The van der Waals surface area contributed by atoms with Crippen molar-refractivity contribution in [1.82, 2.24) is 0 Å². The zero-order chi connectivity index (χ0) is 12.2. The molecule has 16 heavy (non-hydrogen) atoms. The van der Waals surface area contributed by atoms with Crippen molar-refractivity contribution < 1.29 is 4.43 Å². The van der Waals surface area contributed by atoms with Crippen LogP contribution in [-0.4, -0.2) is 13.9 Å². The Morgan fingerprint density at radius 2 is 1.88 bits per heavy atom. The Balaban J connectivity index is 2.86. The Bertz CT molecular complexity index is 283. The van der Waals surface area contributed by atoms with Crippen LogP contribution in [0.2, 0.25) is 19.6 Å². The number of nitriles is 1. The Labute approximate surface area is 100 Å². The molecule has 0 aromatic heterocycles. The summed E-state index contributed by atoms with van der Waals surface area (Å²) in [6, 6.07) is 2.39. The SMILES string of the molecule is C=CC(C#N)(O[Si](C)(C)C)C1CCCCC1. The first-order valence-electron chi connectivity index (χ1n) is 6.18. The lowest BCUT2D eigenvalue weighted by molar-refractivity contribution is 0.0783. The molecular weight excluding hydrogens is 214 g/mol. The minimum atomic E-state index is -1.71. The van der Waals surface area contributed by atoms with Crippen LogP contribution in [0.3, 0.4) is 0 Å². The van der Waals surface area contributed by atoms with Crippen LogP contribution in [0.4, 0.5) is 0 Å². The summed E-state index contributed by atoms with van der Waals surface area (Å²) in [7, 11) is -1.71. The van der Waals surface area contributed by atoms with E-state index in [1.54, 1.807) is 6.08 Å². The zero-order valence-corrected chi connectivity index (χ0v) is 11.8. The first-order chi connectivity index (χ1) is 7.43. The highest BCUT2D eigenvalue weighted by Gasteiger charge is 2.41. The highest BCUT2D eigenvalue weighted by atomic mass is 28.4. The van der Waals surface area contributed by atoms with Crippen molar-refractivity contribution in [2.45, 2.75) is 57.3 Å². The molecule has 1 rings (SSSR count). The van der Waals surface area contributed by atoms with Gasteiger partial charge in [0, 0.05) is 5.92 Å². The van der Waals surface area contributed by atoms with Crippen molar-refractivity contribution >= 4 is 8.32 Å². The quantitative estimate of drug-likeness (QED) is 0.549. The molecule has 0 radical (unpaired) electrons. The average Bonchev–Trinajstić information content (AvgIpc) is 2.26. The molecule has 3 heteroatoms. The number of hydrogen-bond acceptors (Lipinski definition) is 2. The Kier molecular flexibility index (Phi) is 4.34. The van der Waals surface area contributed by atoms with E-state index in [4.69, 9.17) is 4.43 Å². The van der Waals surface area contributed by atoms with E-state index >= 15 is 0 Å². The topological polar surface area (TPSA) is 33.0 Å².